The summed E-state index contributed by atoms with van der Waals surface area (Å²) in [7, 11) is 0. The molecule has 2 aliphatic rings. The molecule has 0 aromatic heterocycles. The molecule has 2 unspecified atom stereocenters. The highest BCUT2D eigenvalue weighted by Crippen LogP contribution is 2.50. The fourth-order valence-corrected chi connectivity index (χ4v) is 2.08. The molecular weight excluding hydrogens is 202 g/mol. The Kier molecular flexibility index (Phi) is 1.75. The number of rotatable bonds is 0. The molecule has 1 N–H and O–H groups in total. The van der Waals surface area contributed by atoms with Gasteiger partial charge in [0, 0.05) is 12.8 Å². The molecule has 1 aliphatic carbocycles. The smallest absolute Gasteiger partial charge is 0.310 e. The van der Waals surface area contributed by atoms with Gasteiger partial charge in [-0.25, -0.2) is 8.78 Å². The van der Waals surface area contributed by atoms with Crippen LogP contribution in [0.2, 0.25) is 0 Å². The third-order valence-electron chi connectivity index (χ3n) is 2.86. The lowest BCUT2D eigenvalue weighted by Gasteiger charge is -2.26. The van der Waals surface area contributed by atoms with Crippen LogP contribution in [0.4, 0.5) is 17.6 Å². The van der Waals surface area contributed by atoms with Crippen LogP contribution in [0.1, 0.15) is 19.3 Å². The maximum atomic E-state index is 12.8. The Morgan fingerprint density at radius 3 is 2.21 bits per heavy atom. The first-order valence-electron chi connectivity index (χ1n) is 4.28. The zero-order valence-corrected chi connectivity index (χ0v) is 7.18. The molecule has 80 valence electrons. The molecule has 0 aromatic carbocycles. The van der Waals surface area contributed by atoms with Crippen LogP contribution in [0.25, 0.3) is 0 Å². The van der Waals surface area contributed by atoms with Crippen molar-refractivity contribution in [2.75, 3.05) is 0 Å². The van der Waals surface area contributed by atoms with Gasteiger partial charge in [0.15, 0.2) is 0 Å². The molecule has 0 saturated heterocycles. The maximum Gasteiger partial charge on any atom is 0.310 e. The summed E-state index contributed by atoms with van der Waals surface area (Å²) in [4.78, 5) is 3.39. The van der Waals surface area contributed by atoms with E-state index in [0.29, 0.717) is 6.21 Å². The van der Waals surface area contributed by atoms with Crippen LogP contribution in [0.3, 0.4) is 0 Å². The van der Waals surface area contributed by atoms with E-state index in [1.165, 1.54) is 0 Å². The van der Waals surface area contributed by atoms with Crippen molar-refractivity contribution >= 4 is 6.21 Å². The number of hydrogen-bond acceptors (Lipinski definition) is 2. The molecule has 1 spiro atoms. The van der Waals surface area contributed by atoms with Gasteiger partial charge in [-0.05, 0) is 6.42 Å². The Bertz CT molecular complexity index is 291. The largest absolute Gasteiger partial charge is 0.384 e. The minimum Gasteiger partial charge on any atom is -0.384 e. The molecule has 0 aromatic rings. The number of alkyl halides is 4. The van der Waals surface area contributed by atoms with Crippen LogP contribution in [0, 0.1) is 0 Å². The van der Waals surface area contributed by atoms with Crippen molar-refractivity contribution in [1.82, 2.24) is 0 Å². The molecule has 1 aliphatic heterocycles. The molecule has 0 amide bonds. The van der Waals surface area contributed by atoms with Gasteiger partial charge in [-0.3, -0.25) is 4.99 Å². The zero-order valence-electron chi connectivity index (χ0n) is 7.18. The lowest BCUT2D eigenvalue weighted by atomic mass is 9.90. The van der Waals surface area contributed by atoms with E-state index in [1.807, 2.05) is 0 Å². The predicted octanol–water partition coefficient (Wildman–Crippen LogP) is 1.62. The van der Waals surface area contributed by atoms with E-state index in [1.54, 1.807) is 0 Å². The fraction of sp³-hybridized carbons (Fsp3) is 0.875. The molecule has 1 fully saturated rings. The summed E-state index contributed by atoms with van der Waals surface area (Å²) in [6.07, 6.45) is -3.28. The molecule has 2 rings (SSSR count). The molecule has 1 saturated carbocycles. The van der Waals surface area contributed by atoms with E-state index < -0.39 is 36.3 Å². The van der Waals surface area contributed by atoms with Crippen LogP contribution in [0.5, 0.6) is 0 Å². The third kappa shape index (κ3) is 1.24. The standard InChI is InChI=1S/C8H9F4NO/c9-7(10)2-1-6(3-7)5(14)8(11,12)4-13-6/h4-5,14H,1-3H2. The summed E-state index contributed by atoms with van der Waals surface area (Å²) in [5.74, 6) is -6.46. The van der Waals surface area contributed by atoms with Crippen molar-refractivity contribution in [2.24, 2.45) is 4.99 Å². The van der Waals surface area contributed by atoms with Gasteiger partial charge < -0.3 is 5.11 Å². The van der Waals surface area contributed by atoms with Crippen molar-refractivity contribution in [3.63, 3.8) is 0 Å². The summed E-state index contributed by atoms with van der Waals surface area (Å²) >= 11 is 0. The minimum absolute atomic E-state index is 0.187. The lowest BCUT2D eigenvalue weighted by Crippen LogP contribution is -2.45. The van der Waals surface area contributed by atoms with Crippen LogP contribution >= 0.6 is 0 Å². The number of nitrogens with zero attached hydrogens (tertiary/aromatic N) is 1. The monoisotopic (exact) mass is 211 g/mol. The summed E-state index contributed by atoms with van der Waals surface area (Å²) in [5, 5.41) is 9.23. The Hall–Kier alpha value is -0.650. The van der Waals surface area contributed by atoms with Crippen molar-refractivity contribution in [3.05, 3.63) is 0 Å². The van der Waals surface area contributed by atoms with Gasteiger partial charge in [-0.1, -0.05) is 0 Å². The van der Waals surface area contributed by atoms with Gasteiger partial charge in [0.05, 0.1) is 11.8 Å². The van der Waals surface area contributed by atoms with E-state index in [9.17, 15) is 22.7 Å². The maximum absolute atomic E-state index is 12.8. The highest BCUT2D eigenvalue weighted by atomic mass is 19.3. The quantitative estimate of drug-likeness (QED) is 0.607. The second-order valence-electron chi connectivity index (χ2n) is 3.97. The Morgan fingerprint density at radius 1 is 1.21 bits per heavy atom. The SMILES string of the molecule is OC1C(F)(F)C=NC12CCC(F)(F)C2. The molecular formula is C8H9F4NO. The van der Waals surface area contributed by atoms with Gasteiger partial charge in [0.25, 0.3) is 5.92 Å². The van der Waals surface area contributed by atoms with Gasteiger partial charge in [0.1, 0.15) is 6.10 Å². The van der Waals surface area contributed by atoms with Crippen LogP contribution in [-0.4, -0.2) is 34.8 Å². The number of aliphatic imine (C=N–C) groups is 1. The normalized spacial score (nSPS) is 43.6. The van der Waals surface area contributed by atoms with E-state index in [2.05, 4.69) is 4.99 Å². The molecule has 1 heterocycles. The van der Waals surface area contributed by atoms with Gasteiger partial charge in [-0.2, -0.15) is 8.78 Å². The van der Waals surface area contributed by atoms with Gasteiger partial charge >= 0.3 is 5.92 Å². The molecule has 2 atom stereocenters. The number of halogens is 4. The van der Waals surface area contributed by atoms with E-state index in [4.69, 9.17) is 0 Å². The first kappa shape index (κ1) is 9.89. The summed E-state index contributed by atoms with van der Waals surface area (Å²) in [6.45, 7) is 0. The lowest BCUT2D eigenvalue weighted by molar-refractivity contribution is -0.0803. The van der Waals surface area contributed by atoms with Crippen molar-refractivity contribution < 1.29 is 22.7 Å². The minimum atomic E-state index is -3.47. The fourth-order valence-electron chi connectivity index (χ4n) is 2.08. The zero-order chi connectivity index (χ0) is 10.6. The van der Waals surface area contributed by atoms with Gasteiger partial charge in [-0.15, -0.1) is 0 Å². The first-order chi connectivity index (χ1) is 6.28. The van der Waals surface area contributed by atoms with Crippen molar-refractivity contribution in [3.8, 4) is 0 Å². The Balaban J connectivity index is 2.26. The Morgan fingerprint density at radius 2 is 1.86 bits per heavy atom. The summed E-state index contributed by atoms with van der Waals surface area (Å²) in [6, 6.07) is 0. The topological polar surface area (TPSA) is 32.6 Å². The number of aliphatic hydroxyl groups is 1. The van der Waals surface area contributed by atoms with E-state index >= 15 is 0 Å². The highest BCUT2D eigenvalue weighted by Gasteiger charge is 2.62. The molecule has 14 heavy (non-hydrogen) atoms. The third-order valence-corrected chi connectivity index (χ3v) is 2.86. The summed E-state index contributed by atoms with van der Waals surface area (Å²) in [5.41, 5.74) is -1.66. The number of aliphatic hydroxyl groups excluding tert-OH is 1. The molecule has 2 nitrogen and oxygen atoms in total. The van der Waals surface area contributed by atoms with Crippen LogP contribution in [0.15, 0.2) is 4.99 Å². The highest BCUT2D eigenvalue weighted by molar-refractivity contribution is 5.72. The van der Waals surface area contributed by atoms with Crippen molar-refractivity contribution in [2.45, 2.75) is 42.8 Å². The predicted molar refractivity (Wildman–Crippen MR) is 41.0 cm³/mol. The first-order valence-corrected chi connectivity index (χ1v) is 4.28. The van der Waals surface area contributed by atoms with Crippen molar-refractivity contribution in [1.29, 1.82) is 0 Å². The molecule has 0 bridgehead atoms. The van der Waals surface area contributed by atoms with Gasteiger partial charge in [0.2, 0.25) is 0 Å². The average molecular weight is 211 g/mol. The molecule has 0 radical (unpaired) electrons. The van der Waals surface area contributed by atoms with Crippen LogP contribution < -0.4 is 0 Å². The Labute approximate surface area is 77.6 Å². The second-order valence-corrected chi connectivity index (χ2v) is 3.97. The second kappa shape index (κ2) is 2.48. The number of hydrogen-bond donors (Lipinski definition) is 1. The van der Waals surface area contributed by atoms with Crippen LogP contribution in [-0.2, 0) is 0 Å². The summed E-state index contributed by atoms with van der Waals surface area (Å²) < 4.78 is 51.4. The average Bonchev–Trinajstić information content (AvgIpc) is 2.47. The van der Waals surface area contributed by atoms with E-state index in [-0.39, 0.29) is 6.42 Å². The van der Waals surface area contributed by atoms with E-state index in [0.717, 1.165) is 0 Å². The molecule has 6 heteroatoms.